The second-order valence-electron chi connectivity index (χ2n) is 6.69. The van der Waals surface area contributed by atoms with Crippen LogP contribution >= 0.6 is 39.0 Å². The zero-order valence-corrected chi connectivity index (χ0v) is 19.9. The number of ketones is 1. The Balaban J connectivity index is 1.72. The lowest BCUT2D eigenvalue weighted by molar-refractivity contribution is 0.0982. The van der Waals surface area contributed by atoms with Crippen molar-refractivity contribution in [3.8, 4) is 0 Å². The minimum Gasteiger partial charge on any atom is -0.383 e. The summed E-state index contributed by atoms with van der Waals surface area (Å²) in [6.45, 7) is 4.90. The number of halogens is 1. The van der Waals surface area contributed by atoms with Crippen molar-refractivity contribution in [1.82, 2.24) is 9.55 Å². The Kier molecular flexibility index (Phi) is 7.67. The first-order valence-electron chi connectivity index (χ1n) is 9.33. The summed E-state index contributed by atoms with van der Waals surface area (Å²) in [5, 5.41) is 1.40. The summed E-state index contributed by atoms with van der Waals surface area (Å²) in [5.41, 5.74) is 1.71. The largest absolute Gasteiger partial charge is 0.383 e. The van der Waals surface area contributed by atoms with Crippen molar-refractivity contribution < 1.29 is 9.53 Å². The van der Waals surface area contributed by atoms with Crippen LogP contribution in [0.3, 0.4) is 0 Å². The number of aromatic nitrogens is 2. The van der Waals surface area contributed by atoms with Crippen LogP contribution in [-0.2, 0) is 11.3 Å². The van der Waals surface area contributed by atoms with Gasteiger partial charge in [-0.3, -0.25) is 14.2 Å². The van der Waals surface area contributed by atoms with Crippen molar-refractivity contribution in [1.29, 1.82) is 0 Å². The molecule has 0 aliphatic heterocycles. The molecular weight excluding hydrogens is 472 g/mol. The Labute approximate surface area is 186 Å². The first-order chi connectivity index (χ1) is 13.9. The molecule has 29 heavy (non-hydrogen) atoms. The highest BCUT2D eigenvalue weighted by Crippen LogP contribution is 2.28. The predicted octanol–water partition coefficient (Wildman–Crippen LogP) is 5.24. The molecule has 2 heterocycles. The maximum absolute atomic E-state index is 13.0. The van der Waals surface area contributed by atoms with E-state index >= 15 is 0 Å². The molecule has 0 spiro atoms. The summed E-state index contributed by atoms with van der Waals surface area (Å²) in [4.78, 5) is 32.0. The number of aryl methyl sites for hydroxylation is 2. The Hall–Kier alpha value is -1.48. The third-order valence-electron chi connectivity index (χ3n) is 4.72. The number of thioether (sulfide) groups is 1. The normalized spacial score (nSPS) is 11.3. The number of hydrogen-bond donors (Lipinski definition) is 0. The number of rotatable bonds is 9. The maximum atomic E-state index is 13.0. The van der Waals surface area contributed by atoms with E-state index < -0.39 is 0 Å². The van der Waals surface area contributed by atoms with Crippen LogP contribution < -0.4 is 5.56 Å². The minimum absolute atomic E-state index is 0.0117. The van der Waals surface area contributed by atoms with Gasteiger partial charge in [0.05, 0.1) is 18.5 Å². The molecule has 0 atom stereocenters. The topological polar surface area (TPSA) is 61.2 Å². The average Bonchev–Trinajstić information content (AvgIpc) is 2.99. The molecule has 1 aromatic carbocycles. The monoisotopic (exact) mass is 494 g/mol. The fourth-order valence-corrected chi connectivity index (χ4v) is 5.27. The van der Waals surface area contributed by atoms with Gasteiger partial charge in [0.1, 0.15) is 4.83 Å². The number of ether oxygens (including phenoxy) is 1. The maximum Gasteiger partial charge on any atom is 0.263 e. The van der Waals surface area contributed by atoms with E-state index in [9.17, 15) is 9.59 Å². The lowest BCUT2D eigenvalue weighted by Gasteiger charge is -2.11. The van der Waals surface area contributed by atoms with E-state index in [4.69, 9.17) is 9.72 Å². The summed E-state index contributed by atoms with van der Waals surface area (Å²) in [7, 11) is 1.62. The molecule has 0 fully saturated rings. The molecular formula is C21H23BrN2O3S2. The Morgan fingerprint density at radius 2 is 2.00 bits per heavy atom. The highest BCUT2D eigenvalue weighted by molar-refractivity contribution is 9.10. The van der Waals surface area contributed by atoms with Gasteiger partial charge in [-0.25, -0.2) is 4.98 Å². The number of fused-ring (bicyclic) bond motifs is 1. The molecule has 0 N–H and O–H groups in total. The summed E-state index contributed by atoms with van der Waals surface area (Å²) < 4.78 is 7.83. The van der Waals surface area contributed by atoms with Crippen molar-refractivity contribution in [2.45, 2.75) is 38.4 Å². The molecule has 3 aromatic rings. The van der Waals surface area contributed by atoms with E-state index in [0.717, 1.165) is 37.5 Å². The molecule has 0 saturated carbocycles. The van der Waals surface area contributed by atoms with Gasteiger partial charge in [0.15, 0.2) is 10.9 Å². The molecule has 0 aliphatic rings. The summed E-state index contributed by atoms with van der Waals surface area (Å²) in [6.07, 6.45) is 1.19. The highest BCUT2D eigenvalue weighted by Gasteiger charge is 2.17. The van der Waals surface area contributed by atoms with Gasteiger partial charge in [0.2, 0.25) is 0 Å². The van der Waals surface area contributed by atoms with Crippen LogP contribution in [0.1, 0.15) is 33.6 Å². The summed E-state index contributed by atoms with van der Waals surface area (Å²) in [6, 6.07) is 7.42. The van der Waals surface area contributed by atoms with E-state index in [-0.39, 0.29) is 11.3 Å². The first kappa shape index (κ1) is 22.2. The van der Waals surface area contributed by atoms with Gasteiger partial charge >= 0.3 is 0 Å². The van der Waals surface area contributed by atoms with Gasteiger partial charge in [-0.05, 0) is 38.0 Å². The number of thiophene rings is 1. The van der Waals surface area contributed by atoms with E-state index in [1.54, 1.807) is 23.0 Å². The standard InChI is InChI=1S/C21H23BrN2O3S2/c1-13-14(2)29-19-18(13)20(26)24(10-11-27-3)21(23-19)28-12-4-5-17(25)15-6-8-16(22)9-7-15/h6-9H,4-5,10-12H2,1-3H3. The molecule has 0 aliphatic carbocycles. The molecule has 8 heteroatoms. The van der Waals surface area contributed by atoms with E-state index in [2.05, 4.69) is 15.9 Å². The molecule has 3 rings (SSSR count). The summed E-state index contributed by atoms with van der Waals surface area (Å²) in [5.74, 6) is 0.846. The molecule has 0 unspecified atom stereocenters. The number of hydrogen-bond acceptors (Lipinski definition) is 6. The zero-order valence-electron chi connectivity index (χ0n) is 16.7. The van der Waals surface area contributed by atoms with Crippen molar-refractivity contribution in [2.75, 3.05) is 19.5 Å². The SMILES string of the molecule is COCCn1c(SCCCC(=O)c2ccc(Br)cc2)nc2sc(C)c(C)c2c1=O. The van der Waals surface area contributed by atoms with Crippen LogP contribution in [0.2, 0.25) is 0 Å². The van der Waals surface area contributed by atoms with Gasteiger partial charge < -0.3 is 4.74 Å². The molecule has 2 aromatic heterocycles. The number of carbonyl (C=O) groups excluding carboxylic acids is 1. The second-order valence-corrected chi connectivity index (χ2v) is 9.87. The number of methoxy groups -OCH3 is 1. The Morgan fingerprint density at radius 1 is 1.28 bits per heavy atom. The fourth-order valence-electron chi connectivity index (χ4n) is 2.97. The molecule has 0 bridgehead atoms. The minimum atomic E-state index is -0.0117. The lowest BCUT2D eigenvalue weighted by atomic mass is 10.1. The van der Waals surface area contributed by atoms with Crippen molar-refractivity contribution >= 4 is 55.0 Å². The lowest BCUT2D eigenvalue weighted by Crippen LogP contribution is -2.25. The van der Waals surface area contributed by atoms with Crippen LogP contribution in [0.25, 0.3) is 10.2 Å². The number of carbonyl (C=O) groups is 1. The predicted molar refractivity (Wildman–Crippen MR) is 124 cm³/mol. The smallest absolute Gasteiger partial charge is 0.263 e. The Morgan fingerprint density at radius 3 is 2.69 bits per heavy atom. The number of benzene rings is 1. The fraction of sp³-hybridized carbons (Fsp3) is 0.381. The van der Waals surface area contributed by atoms with E-state index in [1.165, 1.54) is 11.8 Å². The van der Waals surface area contributed by atoms with Crippen LogP contribution in [0.5, 0.6) is 0 Å². The quantitative estimate of drug-likeness (QED) is 0.176. The molecule has 5 nitrogen and oxygen atoms in total. The van der Waals surface area contributed by atoms with Gasteiger partial charge in [-0.15, -0.1) is 11.3 Å². The van der Waals surface area contributed by atoms with Gasteiger partial charge in [0, 0.05) is 34.2 Å². The average molecular weight is 495 g/mol. The van der Waals surface area contributed by atoms with Crippen molar-refractivity contribution in [2.24, 2.45) is 0 Å². The van der Waals surface area contributed by atoms with Gasteiger partial charge in [-0.2, -0.15) is 0 Å². The number of Topliss-reactive ketones (excluding diaryl/α,β-unsaturated/α-hetero) is 1. The van der Waals surface area contributed by atoms with Gasteiger partial charge in [-0.1, -0.05) is 39.8 Å². The third kappa shape index (κ3) is 5.17. The van der Waals surface area contributed by atoms with Crippen molar-refractivity contribution in [3.63, 3.8) is 0 Å². The summed E-state index contributed by atoms with van der Waals surface area (Å²) >= 11 is 6.46. The van der Waals surface area contributed by atoms with Crippen LogP contribution in [0.15, 0.2) is 38.7 Å². The van der Waals surface area contributed by atoms with E-state index in [1.807, 2.05) is 38.1 Å². The molecule has 0 radical (unpaired) electrons. The number of nitrogens with zero attached hydrogens (tertiary/aromatic N) is 2. The first-order valence-corrected chi connectivity index (χ1v) is 11.9. The molecule has 0 saturated heterocycles. The van der Waals surface area contributed by atoms with Crippen LogP contribution in [-0.4, -0.2) is 34.8 Å². The second kappa shape index (κ2) is 10.0. The van der Waals surface area contributed by atoms with Crippen LogP contribution in [0, 0.1) is 13.8 Å². The molecule has 0 amide bonds. The van der Waals surface area contributed by atoms with E-state index in [0.29, 0.717) is 30.1 Å². The van der Waals surface area contributed by atoms with Crippen LogP contribution in [0.4, 0.5) is 0 Å². The highest BCUT2D eigenvalue weighted by atomic mass is 79.9. The zero-order chi connectivity index (χ0) is 21.0. The van der Waals surface area contributed by atoms with Crippen molar-refractivity contribution in [3.05, 3.63) is 55.1 Å². The molecule has 154 valence electrons. The Bertz CT molecular complexity index is 1070. The third-order valence-corrected chi connectivity index (χ3v) is 7.41. The van der Waals surface area contributed by atoms with Gasteiger partial charge in [0.25, 0.3) is 5.56 Å².